The molecule has 0 fully saturated rings. The molecule has 4 nitrogen and oxygen atoms in total. The first-order valence-electron chi connectivity index (χ1n) is 4.16. The molecule has 0 aliphatic carbocycles. The molecule has 72 valence electrons. The number of aryl methyl sites for hydroxylation is 2. The van der Waals surface area contributed by atoms with E-state index < -0.39 is 0 Å². The number of hydrogen-bond donors (Lipinski definition) is 0. The lowest BCUT2D eigenvalue weighted by Crippen LogP contribution is -1.86. The third-order valence-corrected chi connectivity index (χ3v) is 2.10. The Kier molecular flexibility index (Phi) is 2.21. The van der Waals surface area contributed by atoms with Gasteiger partial charge < -0.3 is 0 Å². The Morgan fingerprint density at radius 1 is 1.43 bits per heavy atom. The Morgan fingerprint density at radius 3 is 2.79 bits per heavy atom. The van der Waals surface area contributed by atoms with Crippen LogP contribution in [0.1, 0.15) is 5.69 Å². The lowest BCUT2D eigenvalue weighted by atomic mass is 10.2. The molecule has 0 aliphatic rings. The molecule has 5 heteroatoms. The molecule has 0 bridgehead atoms. The molecule has 0 spiro atoms. The van der Waals surface area contributed by atoms with E-state index in [0.717, 1.165) is 17.0 Å². The molecule has 2 rings (SSSR count). The van der Waals surface area contributed by atoms with E-state index in [2.05, 4.69) is 15.1 Å². The lowest BCUT2D eigenvalue weighted by molar-refractivity contribution is 0.756. The van der Waals surface area contributed by atoms with E-state index in [1.54, 1.807) is 10.9 Å². The maximum atomic E-state index is 5.70. The summed E-state index contributed by atoms with van der Waals surface area (Å²) in [5.41, 5.74) is 2.72. The molecule has 2 aromatic heterocycles. The summed E-state index contributed by atoms with van der Waals surface area (Å²) in [4.78, 5) is 7.95. The molecule has 2 aromatic rings. The van der Waals surface area contributed by atoms with Gasteiger partial charge in [0.2, 0.25) is 5.28 Å². The first-order chi connectivity index (χ1) is 6.66. The van der Waals surface area contributed by atoms with Crippen LogP contribution in [0.15, 0.2) is 18.5 Å². The largest absolute Gasteiger partial charge is 0.275 e. The van der Waals surface area contributed by atoms with Crippen molar-refractivity contribution in [3.05, 3.63) is 29.4 Å². The van der Waals surface area contributed by atoms with Gasteiger partial charge >= 0.3 is 0 Å². The molecular weight excluding hydrogens is 200 g/mol. The topological polar surface area (TPSA) is 43.6 Å². The van der Waals surface area contributed by atoms with Crippen LogP contribution in [-0.2, 0) is 7.05 Å². The summed E-state index contributed by atoms with van der Waals surface area (Å²) in [5.74, 6) is 0. The van der Waals surface area contributed by atoms with Crippen molar-refractivity contribution in [2.45, 2.75) is 6.92 Å². The summed E-state index contributed by atoms with van der Waals surface area (Å²) in [6, 6.07) is 1.82. The van der Waals surface area contributed by atoms with Gasteiger partial charge in [0.15, 0.2) is 0 Å². The average Bonchev–Trinajstić information content (AvgIpc) is 2.45. The zero-order chi connectivity index (χ0) is 10.1. The fraction of sp³-hybridized carbons (Fsp3) is 0.222. The molecule has 0 aromatic carbocycles. The zero-order valence-corrected chi connectivity index (χ0v) is 8.65. The molecule has 0 amide bonds. The molecule has 0 saturated heterocycles. The highest BCUT2D eigenvalue weighted by Gasteiger charge is 2.07. The Bertz CT molecular complexity index is 464. The lowest BCUT2D eigenvalue weighted by Gasteiger charge is -1.96. The summed E-state index contributed by atoms with van der Waals surface area (Å²) >= 11 is 5.70. The quantitative estimate of drug-likeness (QED) is 0.672. The molecule has 2 heterocycles. The first kappa shape index (κ1) is 9.15. The Labute approximate surface area is 86.6 Å². The van der Waals surface area contributed by atoms with Gasteiger partial charge in [0.1, 0.15) is 0 Å². The summed E-state index contributed by atoms with van der Waals surface area (Å²) < 4.78 is 1.75. The van der Waals surface area contributed by atoms with E-state index in [1.165, 1.54) is 0 Å². The fourth-order valence-corrected chi connectivity index (χ4v) is 1.48. The number of rotatable bonds is 1. The minimum Gasteiger partial charge on any atom is -0.275 e. The van der Waals surface area contributed by atoms with Crippen molar-refractivity contribution in [1.82, 2.24) is 19.7 Å². The van der Waals surface area contributed by atoms with Gasteiger partial charge in [-0.15, -0.1) is 0 Å². The monoisotopic (exact) mass is 208 g/mol. The molecule has 0 aliphatic heterocycles. The van der Waals surface area contributed by atoms with Crippen LogP contribution >= 0.6 is 11.6 Å². The first-order valence-corrected chi connectivity index (χ1v) is 4.54. The van der Waals surface area contributed by atoms with Crippen molar-refractivity contribution in [3.63, 3.8) is 0 Å². The normalized spacial score (nSPS) is 10.5. The minimum atomic E-state index is 0.255. The van der Waals surface area contributed by atoms with Gasteiger partial charge in [-0.05, 0) is 24.6 Å². The van der Waals surface area contributed by atoms with E-state index in [9.17, 15) is 0 Å². The van der Waals surface area contributed by atoms with E-state index in [0.29, 0.717) is 0 Å². The van der Waals surface area contributed by atoms with Crippen molar-refractivity contribution in [3.8, 4) is 11.3 Å². The van der Waals surface area contributed by atoms with Gasteiger partial charge in [-0.3, -0.25) is 4.68 Å². The van der Waals surface area contributed by atoms with Crippen LogP contribution in [0.5, 0.6) is 0 Å². The van der Waals surface area contributed by atoms with Gasteiger partial charge in [0.25, 0.3) is 0 Å². The predicted molar refractivity (Wildman–Crippen MR) is 54.0 cm³/mol. The highest BCUT2D eigenvalue weighted by Crippen LogP contribution is 2.20. The second-order valence-electron chi connectivity index (χ2n) is 3.01. The number of hydrogen-bond acceptors (Lipinski definition) is 3. The summed E-state index contributed by atoms with van der Waals surface area (Å²) in [6.45, 7) is 1.94. The average molecular weight is 209 g/mol. The van der Waals surface area contributed by atoms with Crippen molar-refractivity contribution in [1.29, 1.82) is 0 Å². The Balaban J connectivity index is 2.54. The Hall–Kier alpha value is -1.42. The van der Waals surface area contributed by atoms with Gasteiger partial charge in [0.05, 0.1) is 11.4 Å². The minimum absolute atomic E-state index is 0.255. The van der Waals surface area contributed by atoms with Crippen molar-refractivity contribution < 1.29 is 0 Å². The smallest absolute Gasteiger partial charge is 0.222 e. The van der Waals surface area contributed by atoms with Gasteiger partial charge in [-0.1, -0.05) is 0 Å². The van der Waals surface area contributed by atoms with Crippen LogP contribution in [0, 0.1) is 6.92 Å². The molecule has 0 atom stereocenters. The van der Waals surface area contributed by atoms with E-state index in [1.807, 2.05) is 26.2 Å². The van der Waals surface area contributed by atoms with Crippen LogP contribution in [0.3, 0.4) is 0 Å². The molecular formula is C9H9ClN4. The van der Waals surface area contributed by atoms with Gasteiger partial charge in [-0.2, -0.15) is 5.10 Å². The van der Waals surface area contributed by atoms with Crippen LogP contribution in [-0.4, -0.2) is 19.7 Å². The van der Waals surface area contributed by atoms with E-state index in [4.69, 9.17) is 11.6 Å². The van der Waals surface area contributed by atoms with E-state index in [-0.39, 0.29) is 5.28 Å². The third kappa shape index (κ3) is 1.61. The van der Waals surface area contributed by atoms with Crippen molar-refractivity contribution in [2.24, 2.45) is 7.05 Å². The Morgan fingerprint density at radius 2 is 2.21 bits per heavy atom. The fourth-order valence-electron chi connectivity index (χ4n) is 1.34. The van der Waals surface area contributed by atoms with Crippen LogP contribution < -0.4 is 0 Å². The van der Waals surface area contributed by atoms with Crippen LogP contribution in [0.2, 0.25) is 5.28 Å². The molecule has 0 unspecified atom stereocenters. The van der Waals surface area contributed by atoms with Gasteiger partial charge in [-0.25, -0.2) is 9.97 Å². The molecule has 0 N–H and O–H groups in total. The summed E-state index contributed by atoms with van der Waals surface area (Å²) in [7, 11) is 1.87. The third-order valence-electron chi connectivity index (χ3n) is 1.92. The highest BCUT2D eigenvalue weighted by atomic mass is 35.5. The van der Waals surface area contributed by atoms with Crippen molar-refractivity contribution in [2.75, 3.05) is 0 Å². The predicted octanol–water partition coefficient (Wildman–Crippen LogP) is 1.84. The maximum Gasteiger partial charge on any atom is 0.222 e. The molecule has 0 saturated carbocycles. The van der Waals surface area contributed by atoms with E-state index >= 15 is 0 Å². The van der Waals surface area contributed by atoms with Crippen LogP contribution in [0.4, 0.5) is 0 Å². The number of nitrogens with zero attached hydrogens (tertiary/aromatic N) is 4. The number of aromatic nitrogens is 4. The SMILES string of the molecule is Cc1nn(C)cc1-c1ccnc(Cl)n1. The molecule has 0 radical (unpaired) electrons. The maximum absolute atomic E-state index is 5.70. The summed E-state index contributed by atoms with van der Waals surface area (Å²) in [6.07, 6.45) is 3.55. The van der Waals surface area contributed by atoms with Crippen molar-refractivity contribution >= 4 is 11.6 Å². The standard InChI is InChI=1S/C9H9ClN4/c1-6-7(5-14(2)13-6)8-3-4-11-9(10)12-8/h3-5H,1-2H3. The summed E-state index contributed by atoms with van der Waals surface area (Å²) in [5, 5.41) is 4.49. The second-order valence-corrected chi connectivity index (χ2v) is 3.35. The van der Waals surface area contributed by atoms with Crippen LogP contribution in [0.25, 0.3) is 11.3 Å². The molecule has 14 heavy (non-hydrogen) atoms. The zero-order valence-electron chi connectivity index (χ0n) is 7.90. The second kappa shape index (κ2) is 3.38. The number of halogens is 1. The highest BCUT2D eigenvalue weighted by molar-refractivity contribution is 6.28. The van der Waals surface area contributed by atoms with Gasteiger partial charge in [0, 0.05) is 25.0 Å².